The van der Waals surface area contributed by atoms with Crippen molar-refractivity contribution in [3.8, 4) is 11.5 Å². The molecule has 2 aromatic rings. The lowest BCUT2D eigenvalue weighted by atomic mass is 10.1. The highest BCUT2D eigenvalue weighted by atomic mass is 32.2. The van der Waals surface area contributed by atoms with E-state index in [9.17, 15) is 14.7 Å². The van der Waals surface area contributed by atoms with Crippen molar-refractivity contribution in [1.82, 2.24) is 10.3 Å². The van der Waals surface area contributed by atoms with Crippen LogP contribution in [0.5, 0.6) is 11.5 Å². The second-order valence-corrected chi connectivity index (χ2v) is 8.78. The number of carbonyl (C=O) groups is 2. The predicted octanol–water partition coefficient (Wildman–Crippen LogP) is 3.98. The number of nitrogens with zero attached hydrogens (tertiary/aromatic N) is 1. The minimum atomic E-state index is -0.922. The SMILES string of the molecule is COc1ccnc(C(=O)N[C@@H](C)C(=O)O[C@@H](C)[C@H](SCC(C)C)c2ccccc2)c1O. The van der Waals surface area contributed by atoms with Gasteiger partial charge < -0.3 is 19.9 Å². The fourth-order valence-corrected chi connectivity index (χ4v) is 4.15. The van der Waals surface area contributed by atoms with Crippen molar-refractivity contribution in [3.05, 3.63) is 53.9 Å². The van der Waals surface area contributed by atoms with Gasteiger partial charge in [0.25, 0.3) is 5.91 Å². The first kappa shape index (κ1) is 24.5. The van der Waals surface area contributed by atoms with E-state index in [4.69, 9.17) is 9.47 Å². The monoisotopic (exact) mass is 446 g/mol. The number of ether oxygens (including phenoxy) is 2. The molecule has 0 unspecified atom stereocenters. The van der Waals surface area contributed by atoms with Gasteiger partial charge in [0.2, 0.25) is 0 Å². The maximum absolute atomic E-state index is 12.6. The molecule has 168 valence electrons. The molecule has 1 amide bonds. The van der Waals surface area contributed by atoms with E-state index < -0.39 is 24.0 Å². The van der Waals surface area contributed by atoms with Gasteiger partial charge in [-0.25, -0.2) is 9.78 Å². The van der Waals surface area contributed by atoms with Gasteiger partial charge in [-0.3, -0.25) is 4.79 Å². The summed E-state index contributed by atoms with van der Waals surface area (Å²) < 4.78 is 10.7. The van der Waals surface area contributed by atoms with E-state index in [0.29, 0.717) is 5.92 Å². The molecule has 2 N–H and O–H groups in total. The average molecular weight is 447 g/mol. The van der Waals surface area contributed by atoms with Crippen LogP contribution in [0.25, 0.3) is 0 Å². The Hall–Kier alpha value is -2.74. The Morgan fingerprint density at radius 2 is 1.81 bits per heavy atom. The smallest absolute Gasteiger partial charge is 0.328 e. The van der Waals surface area contributed by atoms with Crippen LogP contribution >= 0.6 is 11.8 Å². The number of carbonyl (C=O) groups excluding carboxylic acids is 2. The second kappa shape index (κ2) is 11.6. The van der Waals surface area contributed by atoms with Gasteiger partial charge in [-0.2, -0.15) is 0 Å². The summed E-state index contributed by atoms with van der Waals surface area (Å²) in [6, 6.07) is 10.4. The number of rotatable bonds is 10. The predicted molar refractivity (Wildman–Crippen MR) is 121 cm³/mol. The standard InChI is InChI=1S/C23H30N2O5S/c1-14(2)13-31-21(17-9-7-6-8-10-17)16(4)30-23(28)15(3)25-22(27)19-20(26)18(29-5)11-12-24-19/h6-12,14-16,21,26H,13H2,1-5H3,(H,25,27)/t15-,16-,21-/m0/s1. The van der Waals surface area contributed by atoms with E-state index in [2.05, 4.69) is 24.1 Å². The molecule has 1 heterocycles. The first-order valence-electron chi connectivity index (χ1n) is 10.1. The number of esters is 1. The number of pyridine rings is 1. The summed E-state index contributed by atoms with van der Waals surface area (Å²) in [6.45, 7) is 7.67. The lowest BCUT2D eigenvalue weighted by Crippen LogP contribution is -2.41. The van der Waals surface area contributed by atoms with Crippen LogP contribution < -0.4 is 10.1 Å². The normalized spacial score (nSPS) is 13.9. The zero-order chi connectivity index (χ0) is 23.0. The largest absolute Gasteiger partial charge is 0.503 e. The molecular formula is C23H30N2O5S. The molecule has 1 aromatic carbocycles. The van der Waals surface area contributed by atoms with Crippen LogP contribution in [-0.4, -0.2) is 47.0 Å². The third kappa shape index (κ3) is 6.89. The Morgan fingerprint density at radius 1 is 1.13 bits per heavy atom. The van der Waals surface area contributed by atoms with Gasteiger partial charge in [-0.1, -0.05) is 44.2 Å². The molecule has 0 aliphatic heterocycles. The van der Waals surface area contributed by atoms with Crippen molar-refractivity contribution in [2.24, 2.45) is 5.92 Å². The average Bonchev–Trinajstić information content (AvgIpc) is 2.74. The molecule has 0 radical (unpaired) electrons. The van der Waals surface area contributed by atoms with Gasteiger partial charge in [0, 0.05) is 12.3 Å². The zero-order valence-corrected chi connectivity index (χ0v) is 19.3. The fraction of sp³-hybridized carbons (Fsp3) is 0.435. The van der Waals surface area contributed by atoms with Crippen LogP contribution in [0.2, 0.25) is 0 Å². The number of nitrogens with one attached hydrogen (secondary N) is 1. The van der Waals surface area contributed by atoms with E-state index in [0.717, 1.165) is 11.3 Å². The Labute approximate surface area is 187 Å². The number of aromatic nitrogens is 1. The van der Waals surface area contributed by atoms with Gasteiger partial charge >= 0.3 is 5.97 Å². The van der Waals surface area contributed by atoms with Gasteiger partial charge in [-0.15, -0.1) is 11.8 Å². The number of thioether (sulfide) groups is 1. The van der Waals surface area contributed by atoms with Crippen LogP contribution in [-0.2, 0) is 9.53 Å². The third-order valence-electron chi connectivity index (χ3n) is 4.49. The Balaban J connectivity index is 2.05. The number of hydrogen-bond donors (Lipinski definition) is 2. The Morgan fingerprint density at radius 3 is 2.42 bits per heavy atom. The van der Waals surface area contributed by atoms with Crippen molar-refractivity contribution in [2.75, 3.05) is 12.9 Å². The van der Waals surface area contributed by atoms with Crippen molar-refractivity contribution in [3.63, 3.8) is 0 Å². The fourth-order valence-electron chi connectivity index (χ4n) is 2.88. The summed E-state index contributed by atoms with van der Waals surface area (Å²) >= 11 is 1.74. The topological polar surface area (TPSA) is 97.8 Å². The summed E-state index contributed by atoms with van der Waals surface area (Å²) in [5.41, 5.74) is 0.859. The molecular weight excluding hydrogens is 416 g/mol. The quantitative estimate of drug-likeness (QED) is 0.533. The highest BCUT2D eigenvalue weighted by molar-refractivity contribution is 7.99. The van der Waals surface area contributed by atoms with Crippen LogP contribution in [0.15, 0.2) is 42.6 Å². The molecule has 0 fully saturated rings. The number of aromatic hydroxyl groups is 1. The second-order valence-electron chi connectivity index (χ2n) is 7.61. The van der Waals surface area contributed by atoms with E-state index in [1.165, 1.54) is 26.3 Å². The van der Waals surface area contributed by atoms with Crippen molar-refractivity contribution in [1.29, 1.82) is 0 Å². The summed E-state index contributed by atoms with van der Waals surface area (Å²) in [5.74, 6) is -0.0892. The maximum atomic E-state index is 12.6. The van der Waals surface area contributed by atoms with Gasteiger partial charge in [0.05, 0.1) is 12.4 Å². The molecule has 7 nitrogen and oxygen atoms in total. The highest BCUT2D eigenvalue weighted by Gasteiger charge is 2.27. The molecule has 0 aliphatic carbocycles. The van der Waals surface area contributed by atoms with Gasteiger partial charge in [-0.05, 0) is 31.1 Å². The van der Waals surface area contributed by atoms with Crippen LogP contribution in [0.3, 0.4) is 0 Å². The summed E-state index contributed by atoms with van der Waals surface area (Å²) in [4.78, 5) is 29.0. The third-order valence-corrected chi connectivity index (χ3v) is 6.36. The molecule has 0 saturated carbocycles. The highest BCUT2D eigenvalue weighted by Crippen LogP contribution is 2.35. The van der Waals surface area contributed by atoms with Crippen molar-refractivity contribution in [2.45, 2.75) is 45.1 Å². The van der Waals surface area contributed by atoms with Crippen LogP contribution in [0, 0.1) is 5.92 Å². The molecule has 0 saturated heterocycles. The molecule has 3 atom stereocenters. The molecule has 1 aromatic heterocycles. The van der Waals surface area contributed by atoms with E-state index in [1.54, 1.807) is 11.8 Å². The summed E-state index contributed by atoms with van der Waals surface area (Å²) in [5, 5.41) is 12.6. The van der Waals surface area contributed by atoms with E-state index >= 15 is 0 Å². The number of amides is 1. The lowest BCUT2D eigenvalue weighted by Gasteiger charge is -2.26. The first-order chi connectivity index (χ1) is 14.7. The first-order valence-corrected chi connectivity index (χ1v) is 11.2. The molecule has 0 bridgehead atoms. The number of benzene rings is 1. The van der Waals surface area contributed by atoms with Gasteiger partial charge in [0.15, 0.2) is 17.2 Å². The minimum Gasteiger partial charge on any atom is -0.503 e. The van der Waals surface area contributed by atoms with Crippen LogP contribution in [0.4, 0.5) is 0 Å². The Bertz CT molecular complexity index is 876. The van der Waals surface area contributed by atoms with E-state index in [-0.39, 0.29) is 22.4 Å². The lowest BCUT2D eigenvalue weighted by molar-refractivity contribution is -0.150. The molecule has 0 spiro atoms. The number of methoxy groups -OCH3 is 1. The summed E-state index contributed by atoms with van der Waals surface area (Å²) in [6.07, 6.45) is 0.941. The zero-order valence-electron chi connectivity index (χ0n) is 18.5. The van der Waals surface area contributed by atoms with Crippen molar-refractivity contribution < 1.29 is 24.2 Å². The van der Waals surface area contributed by atoms with E-state index in [1.807, 2.05) is 37.3 Å². The van der Waals surface area contributed by atoms with Crippen molar-refractivity contribution >= 4 is 23.6 Å². The molecule has 2 rings (SSSR count). The minimum absolute atomic E-state index is 0.0282. The number of hydrogen-bond acceptors (Lipinski definition) is 7. The molecule has 31 heavy (non-hydrogen) atoms. The molecule has 0 aliphatic rings. The maximum Gasteiger partial charge on any atom is 0.328 e. The molecule has 8 heteroatoms. The van der Waals surface area contributed by atoms with Gasteiger partial charge in [0.1, 0.15) is 12.1 Å². The summed E-state index contributed by atoms with van der Waals surface area (Å²) in [7, 11) is 1.37. The Kier molecular flexibility index (Phi) is 9.18. The van der Waals surface area contributed by atoms with Crippen LogP contribution in [0.1, 0.15) is 49.0 Å².